The van der Waals surface area contributed by atoms with Crippen LogP contribution in [0.15, 0.2) is 39.3 Å². The number of aromatic amines is 1. The lowest BCUT2D eigenvalue weighted by Gasteiger charge is -2.23. The van der Waals surface area contributed by atoms with Gasteiger partial charge >= 0.3 is 0 Å². The van der Waals surface area contributed by atoms with Gasteiger partial charge in [-0.05, 0) is 31.5 Å². The predicted octanol–water partition coefficient (Wildman–Crippen LogP) is 2.36. The third-order valence-corrected chi connectivity index (χ3v) is 5.83. The van der Waals surface area contributed by atoms with Gasteiger partial charge in [-0.1, -0.05) is 12.1 Å². The molecule has 0 aliphatic carbocycles. The fraction of sp³-hybridized carbons (Fsp3) is 0.500. The van der Waals surface area contributed by atoms with Gasteiger partial charge in [0.25, 0.3) is 5.56 Å². The Hall–Kier alpha value is -3.05. The summed E-state index contributed by atoms with van der Waals surface area (Å²) in [6.07, 6.45) is 9.80. The molecule has 156 valence electrons. The number of terminal acetylenes is 1. The van der Waals surface area contributed by atoms with Gasteiger partial charge in [0.05, 0.1) is 17.4 Å². The minimum Gasteiger partial charge on any atom is -0.356 e. The number of hydrogen-bond donors (Lipinski definition) is 2. The van der Waals surface area contributed by atoms with E-state index in [1.54, 1.807) is 6.07 Å². The molecule has 4 rings (SSSR count). The number of aromatic nitrogens is 2. The standard InChI is InChI=1S/C22H26N6O2/c1-2-3-10-22(26-27-22)11-12-23-20(29)14-16-7-6-13-28(16)15-19-24-18-9-5-4-8-17(18)21(30)25-19/h1,4-5,8-9,16H,3,6-7,10-15H2,(H,23,29)(H,24,25,30). The lowest BCUT2D eigenvalue weighted by atomic mass is 10.0. The zero-order chi connectivity index (χ0) is 21.0. The molecule has 2 aliphatic heterocycles. The first-order valence-corrected chi connectivity index (χ1v) is 10.4. The van der Waals surface area contributed by atoms with Crippen molar-refractivity contribution >= 4 is 16.8 Å². The van der Waals surface area contributed by atoms with Gasteiger partial charge in [-0.2, -0.15) is 10.2 Å². The first kappa shape index (κ1) is 20.2. The third kappa shape index (κ3) is 4.74. The normalized spacial score (nSPS) is 19.6. The quantitative estimate of drug-likeness (QED) is 0.624. The van der Waals surface area contributed by atoms with E-state index in [4.69, 9.17) is 6.42 Å². The van der Waals surface area contributed by atoms with Crippen LogP contribution in [-0.2, 0) is 11.3 Å². The average molecular weight is 406 g/mol. The van der Waals surface area contributed by atoms with E-state index in [9.17, 15) is 9.59 Å². The van der Waals surface area contributed by atoms with Crippen LogP contribution in [0.2, 0.25) is 0 Å². The van der Waals surface area contributed by atoms with Crippen molar-refractivity contribution in [3.63, 3.8) is 0 Å². The topological polar surface area (TPSA) is 103 Å². The molecular weight excluding hydrogens is 380 g/mol. The van der Waals surface area contributed by atoms with Crippen molar-refractivity contribution in [2.75, 3.05) is 13.1 Å². The molecule has 1 atom stereocenters. The van der Waals surface area contributed by atoms with E-state index in [1.165, 1.54) is 0 Å². The van der Waals surface area contributed by atoms with Crippen molar-refractivity contribution in [2.45, 2.75) is 56.8 Å². The second kappa shape index (κ2) is 8.76. The number of hydrogen-bond acceptors (Lipinski definition) is 6. The molecule has 30 heavy (non-hydrogen) atoms. The summed E-state index contributed by atoms with van der Waals surface area (Å²) in [5.41, 5.74) is 0.199. The molecule has 0 bridgehead atoms. The molecule has 1 aromatic heterocycles. The summed E-state index contributed by atoms with van der Waals surface area (Å²) in [5.74, 6) is 3.27. The summed E-state index contributed by atoms with van der Waals surface area (Å²) >= 11 is 0. The molecule has 0 radical (unpaired) electrons. The van der Waals surface area contributed by atoms with Crippen LogP contribution in [0, 0.1) is 12.3 Å². The van der Waals surface area contributed by atoms with Crippen LogP contribution in [0.4, 0.5) is 0 Å². The van der Waals surface area contributed by atoms with E-state index in [0.29, 0.717) is 49.1 Å². The summed E-state index contributed by atoms with van der Waals surface area (Å²) < 4.78 is 0. The van der Waals surface area contributed by atoms with Gasteiger partial charge in [0, 0.05) is 38.3 Å². The van der Waals surface area contributed by atoms with E-state index < -0.39 is 0 Å². The van der Waals surface area contributed by atoms with Crippen LogP contribution in [0.1, 0.15) is 44.3 Å². The van der Waals surface area contributed by atoms with Gasteiger partial charge in [0.15, 0.2) is 5.66 Å². The number of carbonyl (C=O) groups excluding carboxylic acids is 1. The molecule has 2 aromatic rings. The van der Waals surface area contributed by atoms with Crippen molar-refractivity contribution < 1.29 is 4.79 Å². The number of amides is 1. The minimum atomic E-state index is -0.368. The highest BCUT2D eigenvalue weighted by atomic mass is 16.1. The number of nitrogens with zero attached hydrogens (tertiary/aromatic N) is 4. The molecule has 8 nitrogen and oxygen atoms in total. The molecule has 2 aliphatic rings. The van der Waals surface area contributed by atoms with E-state index in [1.807, 2.05) is 18.2 Å². The molecule has 1 aromatic carbocycles. The molecule has 0 spiro atoms. The Kier molecular flexibility index (Phi) is 5.91. The molecule has 1 unspecified atom stereocenters. The van der Waals surface area contributed by atoms with Gasteiger partial charge in [0.2, 0.25) is 5.91 Å². The highest BCUT2D eigenvalue weighted by Gasteiger charge is 2.38. The van der Waals surface area contributed by atoms with E-state index in [0.717, 1.165) is 25.8 Å². The summed E-state index contributed by atoms with van der Waals surface area (Å²) in [4.78, 5) is 34.4. The van der Waals surface area contributed by atoms with E-state index >= 15 is 0 Å². The van der Waals surface area contributed by atoms with Gasteiger partial charge < -0.3 is 10.3 Å². The van der Waals surface area contributed by atoms with Crippen molar-refractivity contribution in [1.29, 1.82) is 0 Å². The molecular formula is C22H26N6O2. The zero-order valence-electron chi connectivity index (χ0n) is 16.9. The van der Waals surface area contributed by atoms with Crippen molar-refractivity contribution in [1.82, 2.24) is 20.2 Å². The molecule has 1 saturated heterocycles. The van der Waals surface area contributed by atoms with Crippen LogP contribution in [-0.4, -0.2) is 45.6 Å². The smallest absolute Gasteiger partial charge is 0.258 e. The third-order valence-electron chi connectivity index (χ3n) is 5.83. The maximum Gasteiger partial charge on any atom is 0.258 e. The average Bonchev–Trinajstić information content (AvgIpc) is 3.38. The number of para-hydroxylation sites is 1. The van der Waals surface area contributed by atoms with Crippen molar-refractivity contribution in [2.24, 2.45) is 10.2 Å². The number of fused-ring (bicyclic) bond motifs is 1. The first-order chi connectivity index (χ1) is 14.6. The lowest BCUT2D eigenvalue weighted by Crippen LogP contribution is -2.36. The molecule has 2 N–H and O–H groups in total. The molecule has 0 saturated carbocycles. The second-order valence-corrected chi connectivity index (χ2v) is 7.99. The van der Waals surface area contributed by atoms with Crippen LogP contribution in [0.25, 0.3) is 10.9 Å². The maximum atomic E-state index is 12.4. The van der Waals surface area contributed by atoms with Gasteiger partial charge in [-0.15, -0.1) is 12.3 Å². The van der Waals surface area contributed by atoms with Crippen LogP contribution >= 0.6 is 0 Å². The Morgan fingerprint density at radius 2 is 2.17 bits per heavy atom. The number of benzene rings is 1. The SMILES string of the molecule is C#CCCC1(CCNC(=O)CC2CCCN2Cc2nc3ccccc3c(=O)[nH]2)N=N1. The Balaban J connectivity index is 1.29. The monoisotopic (exact) mass is 406 g/mol. The van der Waals surface area contributed by atoms with Crippen LogP contribution in [0.5, 0.6) is 0 Å². The fourth-order valence-electron chi connectivity index (χ4n) is 4.09. The Bertz CT molecular complexity index is 1050. The summed E-state index contributed by atoms with van der Waals surface area (Å²) in [6.45, 7) is 1.97. The molecule has 3 heterocycles. The fourth-order valence-corrected chi connectivity index (χ4v) is 4.09. The Labute approximate surface area is 175 Å². The molecule has 1 amide bonds. The van der Waals surface area contributed by atoms with Gasteiger partial charge in [-0.25, -0.2) is 4.98 Å². The predicted molar refractivity (Wildman–Crippen MR) is 114 cm³/mol. The Morgan fingerprint density at radius 3 is 2.97 bits per heavy atom. The second-order valence-electron chi connectivity index (χ2n) is 7.99. The molecule has 1 fully saturated rings. The highest BCUT2D eigenvalue weighted by Crippen LogP contribution is 2.36. The molecule has 8 heteroatoms. The zero-order valence-corrected chi connectivity index (χ0v) is 16.9. The maximum absolute atomic E-state index is 12.4. The van der Waals surface area contributed by atoms with Crippen molar-refractivity contribution in [3.05, 3.63) is 40.4 Å². The summed E-state index contributed by atoms with van der Waals surface area (Å²) in [5, 5.41) is 11.8. The van der Waals surface area contributed by atoms with E-state index in [2.05, 4.69) is 36.3 Å². The van der Waals surface area contributed by atoms with Crippen molar-refractivity contribution in [3.8, 4) is 12.3 Å². The Morgan fingerprint density at radius 1 is 1.33 bits per heavy atom. The lowest BCUT2D eigenvalue weighted by molar-refractivity contribution is -0.122. The van der Waals surface area contributed by atoms with Gasteiger partial charge in [-0.3, -0.25) is 14.5 Å². The summed E-state index contributed by atoms with van der Waals surface area (Å²) in [6, 6.07) is 7.47. The largest absolute Gasteiger partial charge is 0.356 e. The summed E-state index contributed by atoms with van der Waals surface area (Å²) in [7, 11) is 0. The van der Waals surface area contributed by atoms with Crippen LogP contribution in [0.3, 0.4) is 0 Å². The van der Waals surface area contributed by atoms with E-state index in [-0.39, 0.29) is 23.2 Å². The van der Waals surface area contributed by atoms with Gasteiger partial charge in [0.1, 0.15) is 5.82 Å². The number of likely N-dealkylation sites (tertiary alicyclic amines) is 1. The minimum absolute atomic E-state index is 0.0274. The number of H-pyrrole nitrogens is 1. The highest BCUT2D eigenvalue weighted by molar-refractivity contribution is 5.77. The van der Waals surface area contributed by atoms with Crippen LogP contribution < -0.4 is 10.9 Å². The first-order valence-electron chi connectivity index (χ1n) is 10.4. The number of carbonyl (C=O) groups is 1. The number of rotatable bonds is 9. The number of nitrogens with one attached hydrogen (secondary N) is 2.